The van der Waals surface area contributed by atoms with Gasteiger partial charge in [0.25, 0.3) is 5.91 Å². The number of carbonyl (C=O) groups excluding carboxylic acids is 2. The first-order chi connectivity index (χ1) is 13.2. The molecular weight excluding hydrogens is 344 g/mol. The normalized spacial score (nSPS) is 18.1. The van der Waals surface area contributed by atoms with E-state index in [1.165, 1.54) is 0 Å². The van der Waals surface area contributed by atoms with E-state index in [0.717, 1.165) is 18.4 Å². The Bertz CT molecular complexity index is 800. The molecule has 27 heavy (non-hydrogen) atoms. The summed E-state index contributed by atoms with van der Waals surface area (Å²) in [6.45, 7) is 2.27. The van der Waals surface area contributed by atoms with Crippen molar-refractivity contribution < 1.29 is 14.3 Å². The van der Waals surface area contributed by atoms with Gasteiger partial charge in [-0.05, 0) is 24.5 Å². The molecule has 1 aromatic heterocycles. The quantitative estimate of drug-likeness (QED) is 0.745. The van der Waals surface area contributed by atoms with Gasteiger partial charge in [-0.25, -0.2) is 9.97 Å². The highest BCUT2D eigenvalue weighted by Gasteiger charge is 2.52. The number of benzene rings is 1. The molecule has 7 heteroatoms. The number of ether oxygens (including phenoxy) is 1. The lowest BCUT2D eigenvalue weighted by Gasteiger charge is -2.34. The molecular formula is C20H22N4O3. The molecule has 4 rings (SSSR count). The van der Waals surface area contributed by atoms with Crippen molar-refractivity contribution in [1.82, 2.24) is 14.9 Å². The highest BCUT2D eigenvalue weighted by Crippen LogP contribution is 2.49. The number of hydrogen-bond acceptors (Lipinski definition) is 6. The molecule has 0 atom stereocenters. The Kier molecular flexibility index (Phi) is 4.75. The summed E-state index contributed by atoms with van der Waals surface area (Å²) in [6.07, 6.45) is 4.97. The molecule has 1 aromatic carbocycles. The third-order valence-corrected chi connectivity index (χ3v) is 5.26. The molecule has 2 aliphatic rings. The molecule has 140 valence electrons. The van der Waals surface area contributed by atoms with E-state index in [9.17, 15) is 9.59 Å². The molecule has 0 bridgehead atoms. The largest absolute Gasteiger partial charge is 0.455 e. The Labute approximate surface area is 158 Å². The van der Waals surface area contributed by atoms with Crippen LogP contribution in [-0.2, 0) is 19.7 Å². The summed E-state index contributed by atoms with van der Waals surface area (Å²) >= 11 is 0. The van der Waals surface area contributed by atoms with Crippen molar-refractivity contribution in [3.8, 4) is 0 Å². The van der Waals surface area contributed by atoms with Crippen LogP contribution in [-0.4, -0.2) is 59.5 Å². The van der Waals surface area contributed by atoms with Gasteiger partial charge in [-0.3, -0.25) is 9.59 Å². The average molecular weight is 366 g/mol. The van der Waals surface area contributed by atoms with Gasteiger partial charge in [0.05, 0.1) is 5.41 Å². The maximum absolute atomic E-state index is 12.5. The maximum Gasteiger partial charge on any atom is 0.317 e. The van der Waals surface area contributed by atoms with E-state index >= 15 is 0 Å². The summed E-state index contributed by atoms with van der Waals surface area (Å²) in [7, 11) is 0. The fourth-order valence-corrected chi connectivity index (χ4v) is 3.46. The zero-order valence-corrected chi connectivity index (χ0v) is 15.1. The zero-order chi connectivity index (χ0) is 18.7. The van der Waals surface area contributed by atoms with Crippen LogP contribution in [0.2, 0.25) is 0 Å². The lowest BCUT2D eigenvalue weighted by Crippen LogP contribution is -2.50. The Balaban J connectivity index is 1.27. The number of esters is 1. The van der Waals surface area contributed by atoms with E-state index in [2.05, 4.69) is 9.97 Å². The van der Waals surface area contributed by atoms with Crippen LogP contribution in [0.15, 0.2) is 48.8 Å². The van der Waals surface area contributed by atoms with Crippen molar-refractivity contribution in [3.63, 3.8) is 0 Å². The van der Waals surface area contributed by atoms with Gasteiger partial charge in [-0.15, -0.1) is 0 Å². The fourth-order valence-electron chi connectivity index (χ4n) is 3.46. The fraction of sp³-hybridized carbons (Fsp3) is 0.400. The number of rotatable bonds is 5. The van der Waals surface area contributed by atoms with E-state index in [0.29, 0.717) is 32.1 Å². The highest BCUT2D eigenvalue weighted by molar-refractivity contribution is 5.89. The number of hydrogen-bond donors (Lipinski definition) is 0. The molecule has 0 radical (unpaired) electrons. The van der Waals surface area contributed by atoms with Crippen molar-refractivity contribution in [3.05, 3.63) is 54.4 Å². The molecule has 1 aliphatic carbocycles. The zero-order valence-electron chi connectivity index (χ0n) is 15.1. The Hall–Kier alpha value is -2.96. The van der Waals surface area contributed by atoms with Gasteiger partial charge in [-0.2, -0.15) is 0 Å². The summed E-state index contributed by atoms with van der Waals surface area (Å²) < 4.78 is 5.38. The second-order valence-corrected chi connectivity index (χ2v) is 6.94. The third-order valence-electron chi connectivity index (χ3n) is 5.26. The Morgan fingerprint density at radius 1 is 0.963 bits per heavy atom. The van der Waals surface area contributed by atoms with Crippen LogP contribution in [0.3, 0.4) is 0 Å². The van der Waals surface area contributed by atoms with Gasteiger partial charge in [0.2, 0.25) is 5.95 Å². The molecule has 1 aliphatic heterocycles. The summed E-state index contributed by atoms with van der Waals surface area (Å²) in [5, 5.41) is 0. The van der Waals surface area contributed by atoms with Crippen LogP contribution in [0, 0.1) is 0 Å². The van der Waals surface area contributed by atoms with E-state index in [1.54, 1.807) is 23.4 Å². The van der Waals surface area contributed by atoms with Crippen LogP contribution in [0.25, 0.3) is 0 Å². The number of carbonyl (C=O) groups is 2. The maximum atomic E-state index is 12.5. The molecule has 1 saturated carbocycles. The monoisotopic (exact) mass is 366 g/mol. The standard InChI is InChI=1S/C20H22N4O3/c25-17(23-11-13-24(14-12-23)19-21-9-4-10-22-19)15-27-18(26)20(7-8-20)16-5-2-1-3-6-16/h1-6,9-10H,7-8,11-15H2. The lowest BCUT2D eigenvalue weighted by molar-refractivity contribution is -0.154. The predicted molar refractivity (Wildman–Crippen MR) is 99.1 cm³/mol. The van der Waals surface area contributed by atoms with E-state index in [4.69, 9.17) is 4.74 Å². The first-order valence-corrected chi connectivity index (χ1v) is 9.21. The summed E-state index contributed by atoms with van der Waals surface area (Å²) in [4.78, 5) is 37.2. The van der Waals surface area contributed by atoms with Crippen molar-refractivity contribution in [2.75, 3.05) is 37.7 Å². The Morgan fingerprint density at radius 2 is 1.63 bits per heavy atom. The van der Waals surface area contributed by atoms with Gasteiger partial charge in [0.1, 0.15) is 0 Å². The van der Waals surface area contributed by atoms with Gasteiger partial charge >= 0.3 is 5.97 Å². The predicted octanol–water partition coefficient (Wildman–Crippen LogP) is 1.40. The molecule has 2 aromatic rings. The Morgan fingerprint density at radius 3 is 2.26 bits per heavy atom. The molecule has 1 amide bonds. The molecule has 7 nitrogen and oxygen atoms in total. The SMILES string of the molecule is O=C(COC(=O)C1(c2ccccc2)CC1)N1CCN(c2ncccn2)CC1. The van der Waals surface area contributed by atoms with Gasteiger partial charge < -0.3 is 14.5 Å². The van der Waals surface area contributed by atoms with Gasteiger partial charge in [0, 0.05) is 38.6 Å². The summed E-state index contributed by atoms with van der Waals surface area (Å²) in [6, 6.07) is 11.4. The molecule has 0 unspecified atom stereocenters. The average Bonchev–Trinajstić information content (AvgIpc) is 3.55. The molecule has 0 N–H and O–H groups in total. The van der Waals surface area contributed by atoms with Crippen molar-refractivity contribution in [1.29, 1.82) is 0 Å². The van der Waals surface area contributed by atoms with Crippen LogP contribution in [0.5, 0.6) is 0 Å². The number of nitrogens with zero attached hydrogens (tertiary/aromatic N) is 4. The minimum absolute atomic E-state index is 0.152. The molecule has 2 heterocycles. The number of piperazine rings is 1. The number of aromatic nitrogens is 2. The molecule has 0 spiro atoms. The van der Waals surface area contributed by atoms with Crippen molar-refractivity contribution in [2.24, 2.45) is 0 Å². The topological polar surface area (TPSA) is 75.6 Å². The highest BCUT2D eigenvalue weighted by atomic mass is 16.5. The van der Waals surface area contributed by atoms with Crippen LogP contribution < -0.4 is 4.90 Å². The van der Waals surface area contributed by atoms with Crippen LogP contribution in [0.1, 0.15) is 18.4 Å². The first kappa shape index (κ1) is 17.5. The molecule has 1 saturated heterocycles. The second-order valence-electron chi connectivity index (χ2n) is 6.94. The summed E-state index contributed by atoms with van der Waals surface area (Å²) in [5.74, 6) is 0.230. The van der Waals surface area contributed by atoms with Gasteiger partial charge in [0.15, 0.2) is 6.61 Å². The van der Waals surface area contributed by atoms with E-state index < -0.39 is 5.41 Å². The smallest absolute Gasteiger partial charge is 0.317 e. The second kappa shape index (κ2) is 7.34. The van der Waals surface area contributed by atoms with Crippen molar-refractivity contribution >= 4 is 17.8 Å². The summed E-state index contributed by atoms with van der Waals surface area (Å²) in [5.41, 5.74) is 0.421. The number of amides is 1. The van der Waals surface area contributed by atoms with Gasteiger partial charge in [-0.1, -0.05) is 30.3 Å². The van der Waals surface area contributed by atoms with Crippen molar-refractivity contribution in [2.45, 2.75) is 18.3 Å². The lowest BCUT2D eigenvalue weighted by atomic mass is 9.96. The van der Waals surface area contributed by atoms with Crippen LogP contribution >= 0.6 is 0 Å². The van der Waals surface area contributed by atoms with E-state index in [1.807, 2.05) is 35.2 Å². The van der Waals surface area contributed by atoms with E-state index in [-0.39, 0.29) is 18.5 Å². The first-order valence-electron chi connectivity index (χ1n) is 9.21. The molecule has 2 fully saturated rings. The minimum Gasteiger partial charge on any atom is -0.455 e. The van der Waals surface area contributed by atoms with Crippen LogP contribution in [0.4, 0.5) is 5.95 Å². The minimum atomic E-state index is -0.551. The number of anilines is 1. The third kappa shape index (κ3) is 3.63.